The normalized spacial score (nSPS) is 27.4. The Morgan fingerprint density at radius 3 is 0.957 bits per heavy atom. The minimum absolute atomic E-state index is 0.106. The molecule has 9 aromatic rings. The Labute approximate surface area is 842 Å². The molecule has 0 radical (unpaired) electrons. The van der Waals surface area contributed by atoms with E-state index in [-0.39, 0.29) is 43.3 Å². The van der Waals surface area contributed by atoms with Crippen LogP contribution in [0.1, 0.15) is 223 Å². The van der Waals surface area contributed by atoms with Crippen molar-refractivity contribution in [2.75, 3.05) is 46.2 Å². The summed E-state index contributed by atoms with van der Waals surface area (Å²) >= 11 is 0. The lowest BCUT2D eigenvalue weighted by molar-refractivity contribution is -0.225. The maximum absolute atomic E-state index is 6.47. The lowest BCUT2D eigenvalue weighted by Gasteiger charge is -2.56. The second-order valence-corrected chi connectivity index (χ2v) is 42.2. The molecule has 15 heteroatoms. The van der Waals surface area contributed by atoms with Gasteiger partial charge in [0, 0.05) is 0 Å². The third-order valence-corrected chi connectivity index (χ3v) is 32.1. The second-order valence-electron chi connectivity index (χ2n) is 42.2. The summed E-state index contributed by atoms with van der Waals surface area (Å²) in [7, 11) is 0. The SMILES string of the molecule is C=Cc1ccc(OC(C)OC23CC4CC(CC(C4)C2)C3)cc1.C=Cc1ccc(OC(C)OCC23CC4CC(CC(C4)C2)C3)cc1.C=Cc1ccc(OC(C)OCCC2CC3CC2C2C4CCC(C4)C32)cc1.C=Cc1ccc(OC(C)OCCC2CC3CCC2C3)cc1.C=Cc1ccc(OC(C)OCCOc2ccc(Oc3ccccc3)cc2)cc1.C=Cc1ccc(OC(C)OCCOc2ccccc2)cc1. The van der Waals surface area contributed by atoms with Crippen LogP contribution in [0.2, 0.25) is 0 Å². The van der Waals surface area contributed by atoms with Crippen LogP contribution in [-0.4, -0.2) is 89.6 Å². The molecule has 14 aliphatic rings. The van der Waals surface area contributed by atoms with Gasteiger partial charge in [-0.25, -0.2) is 0 Å². The molecule has 23 rings (SSSR count). The van der Waals surface area contributed by atoms with Crippen LogP contribution in [0.3, 0.4) is 0 Å². The van der Waals surface area contributed by atoms with Crippen LogP contribution in [-0.2, 0) is 28.4 Å². The third kappa shape index (κ3) is 30.0. The molecule has 0 amide bonds. The van der Waals surface area contributed by atoms with Crippen molar-refractivity contribution in [3.63, 3.8) is 0 Å². The van der Waals surface area contributed by atoms with Gasteiger partial charge in [0.1, 0.15) is 70.7 Å². The van der Waals surface area contributed by atoms with Crippen molar-refractivity contribution >= 4 is 36.5 Å². The predicted molar refractivity (Wildman–Crippen MR) is 568 cm³/mol. The van der Waals surface area contributed by atoms with E-state index in [1.54, 1.807) is 25.0 Å². The zero-order valence-electron chi connectivity index (χ0n) is 84.7. The molecule has 141 heavy (non-hydrogen) atoms. The van der Waals surface area contributed by atoms with E-state index in [1.165, 1.54) is 135 Å². The summed E-state index contributed by atoms with van der Waals surface area (Å²) in [4.78, 5) is 0. The molecule has 15 nitrogen and oxygen atoms in total. The average molecular weight is 1910 g/mol. The Morgan fingerprint density at radius 1 is 0.262 bits per heavy atom. The van der Waals surface area contributed by atoms with Crippen molar-refractivity contribution in [1.29, 1.82) is 0 Å². The molecule has 14 bridgehead atoms. The van der Waals surface area contributed by atoms with Crippen LogP contribution in [0.4, 0.5) is 0 Å². The van der Waals surface area contributed by atoms with E-state index in [4.69, 9.17) is 71.1 Å². The van der Waals surface area contributed by atoms with E-state index in [9.17, 15) is 0 Å². The van der Waals surface area contributed by atoms with Crippen LogP contribution in [0.5, 0.6) is 57.5 Å². The second kappa shape index (κ2) is 51.0. The fourth-order valence-electron chi connectivity index (χ4n) is 26.8. The van der Waals surface area contributed by atoms with Gasteiger partial charge < -0.3 is 71.1 Å². The highest BCUT2D eigenvalue weighted by Gasteiger charge is 2.62. The van der Waals surface area contributed by atoms with Crippen molar-refractivity contribution in [1.82, 2.24) is 0 Å². The standard InChI is InChI=1S/C24H24O4.C24H32O2.C21H28O2.C20H26O2.C19H26O2.C18H20O3/c1-3-20-9-11-23(12-10-20)27-19(2)25-17-18-26-21-13-15-24(16-14-21)28-22-7-5-4-6-8-22;1-3-16-4-8-21(9-5-16)26-15(2)25-11-10-17-12-20-14-22(17)24-19-7-6-18(13-19)23(20)24;1-3-16-4-6-20(7-5-16)23-15(2)22-14-21-11-17-8-18(12-21)10-19(9-17)13-21;1-3-15-4-6-19(7-5-15)21-14(2)22-20-11-16-8-17(12-20)10-18(9-16)13-20;1-3-15-5-8-19(9-6-15)21-14(2)20-11-10-18-13-16-4-7-17(18)12-16;1-3-16-9-11-18(12-10-16)21-15(2)19-13-14-20-17-7-5-4-6-8-17/h3-16,19H,1,17-18H2,2H3;3-5,8-9,15,17-20,22-24H,1,6-7,10-14H2,2H3;3-7,15,17-19H,1,8-14H2,2H3;3-7,14,16-18H,1,8-13H2,2H3;3,5-6,8-9,14,16-18H,1,4,7,10-13H2,2H3;3-12,15H,1,13-14H2,2H3. The largest absolute Gasteiger partial charge is 0.491 e. The smallest absolute Gasteiger partial charge is 0.197 e. The monoisotopic (exact) mass is 1910 g/mol. The van der Waals surface area contributed by atoms with Crippen LogP contribution in [0, 0.1) is 100 Å². The van der Waals surface area contributed by atoms with Crippen LogP contribution in [0.25, 0.3) is 36.5 Å². The lowest BCUT2D eigenvalue weighted by atomic mass is 9.50. The summed E-state index contributed by atoms with van der Waals surface area (Å²) in [5.74, 6) is 24.2. The van der Waals surface area contributed by atoms with Gasteiger partial charge in [-0.15, -0.1) is 0 Å². The fraction of sp³-hybridized carbons (Fsp3) is 0.476. The van der Waals surface area contributed by atoms with Gasteiger partial charge in [-0.1, -0.05) is 192 Å². The van der Waals surface area contributed by atoms with Gasteiger partial charge in [0.2, 0.25) is 0 Å². The summed E-state index contributed by atoms with van der Waals surface area (Å²) in [6.07, 6.45) is 42.2. The molecule has 0 aromatic heterocycles. The predicted octanol–water partition coefficient (Wildman–Crippen LogP) is 31.1. The molecule has 750 valence electrons. The van der Waals surface area contributed by atoms with E-state index >= 15 is 0 Å². The van der Waals surface area contributed by atoms with E-state index in [1.807, 2.05) is 296 Å². The highest BCUT2D eigenvalue weighted by atomic mass is 16.7. The first kappa shape index (κ1) is 103. The van der Waals surface area contributed by atoms with Gasteiger partial charge in [-0.3, -0.25) is 0 Å². The van der Waals surface area contributed by atoms with Gasteiger partial charge in [-0.2, -0.15) is 0 Å². The fourth-order valence-corrected chi connectivity index (χ4v) is 26.8. The van der Waals surface area contributed by atoms with Crippen molar-refractivity contribution in [2.45, 2.75) is 233 Å². The van der Waals surface area contributed by atoms with E-state index in [0.717, 1.165) is 205 Å². The third-order valence-electron chi connectivity index (χ3n) is 32.1. The van der Waals surface area contributed by atoms with Crippen LogP contribution < -0.4 is 42.6 Å². The summed E-state index contributed by atoms with van der Waals surface area (Å²) in [5.41, 5.74) is 7.12. The molecule has 0 saturated heterocycles. The van der Waals surface area contributed by atoms with Crippen molar-refractivity contribution in [3.8, 4) is 57.5 Å². The Bertz CT molecular complexity index is 5220. The topological polar surface area (TPSA) is 138 Å². The number of hydrogen-bond acceptors (Lipinski definition) is 15. The quantitative estimate of drug-likeness (QED) is 0.0203. The Balaban J connectivity index is 0.000000122. The van der Waals surface area contributed by atoms with Gasteiger partial charge in [-0.05, 0) is 438 Å². The molecule has 0 aliphatic heterocycles. The van der Waals surface area contributed by atoms with Gasteiger partial charge >= 0.3 is 0 Å². The highest BCUT2D eigenvalue weighted by Crippen LogP contribution is 2.69. The number of hydrogen-bond donors (Lipinski definition) is 0. The van der Waals surface area contributed by atoms with Crippen molar-refractivity contribution in [2.24, 2.45) is 100 Å². The highest BCUT2D eigenvalue weighted by molar-refractivity contribution is 5.52. The first-order chi connectivity index (χ1) is 68.7. The van der Waals surface area contributed by atoms with Crippen molar-refractivity contribution in [3.05, 3.63) is 303 Å². The Morgan fingerprint density at radius 2 is 0.582 bits per heavy atom. The summed E-state index contributed by atoms with van der Waals surface area (Å²) < 4.78 is 87.6. The average Bonchev–Trinajstić information content (AvgIpc) is 1.58. The first-order valence-electron chi connectivity index (χ1n) is 53.0. The van der Waals surface area contributed by atoms with Crippen molar-refractivity contribution < 1.29 is 71.1 Å². The first-order valence-corrected chi connectivity index (χ1v) is 53.0. The Hall–Kier alpha value is -10.6. The number of fused-ring (bicyclic) bond motifs is 11. The zero-order valence-corrected chi connectivity index (χ0v) is 84.7. The molecule has 14 fully saturated rings. The molecule has 16 atom stereocenters. The molecular formula is C126H156O15. The molecule has 14 saturated carbocycles. The molecular weight excluding hydrogens is 1750 g/mol. The minimum atomic E-state index is -0.361. The maximum Gasteiger partial charge on any atom is 0.197 e. The van der Waals surface area contributed by atoms with Gasteiger partial charge in [0.15, 0.2) is 37.7 Å². The van der Waals surface area contributed by atoms with E-state index < -0.39 is 0 Å². The lowest BCUT2D eigenvalue weighted by Crippen LogP contribution is -2.53. The molecule has 0 spiro atoms. The molecule has 14 aliphatic carbocycles. The molecule has 16 unspecified atom stereocenters. The molecule has 0 heterocycles. The minimum Gasteiger partial charge on any atom is -0.491 e. The Kier molecular flexibility index (Phi) is 37.4. The van der Waals surface area contributed by atoms with Gasteiger partial charge in [0.05, 0.1) is 38.6 Å². The summed E-state index contributed by atoms with van der Waals surface area (Å²) in [6, 6.07) is 74.3. The number of rotatable bonds is 43. The number of para-hydroxylation sites is 2. The van der Waals surface area contributed by atoms with E-state index in [2.05, 4.69) is 39.5 Å². The van der Waals surface area contributed by atoms with Gasteiger partial charge in [0.25, 0.3) is 0 Å². The maximum atomic E-state index is 6.47. The summed E-state index contributed by atoms with van der Waals surface area (Å²) in [6.45, 7) is 38.7. The summed E-state index contributed by atoms with van der Waals surface area (Å²) in [5, 5.41) is 0. The van der Waals surface area contributed by atoms with E-state index in [0.29, 0.717) is 31.8 Å². The van der Waals surface area contributed by atoms with Crippen LogP contribution in [0.15, 0.2) is 270 Å². The van der Waals surface area contributed by atoms with Crippen LogP contribution >= 0.6 is 0 Å². The molecule has 0 N–H and O–H groups in total. The molecule has 9 aromatic carbocycles. The zero-order chi connectivity index (χ0) is 97.9. The number of ether oxygens (including phenoxy) is 15. The number of benzene rings is 9.